The quantitative estimate of drug-likeness (QED) is 0.476. The van der Waals surface area contributed by atoms with Gasteiger partial charge in [-0.3, -0.25) is 0 Å². The van der Waals surface area contributed by atoms with E-state index in [1.165, 1.54) is 25.7 Å². The zero-order chi connectivity index (χ0) is 23.4. The van der Waals surface area contributed by atoms with Crippen LogP contribution in [0.15, 0.2) is 0 Å². The normalized spacial score (nSPS) is 40.3. The van der Waals surface area contributed by atoms with Gasteiger partial charge in [-0.05, 0) is 91.8 Å². The van der Waals surface area contributed by atoms with Crippen molar-refractivity contribution in [3.8, 4) is 38.5 Å². The molecule has 0 aromatic rings. The number of hydrogen-bond acceptors (Lipinski definition) is 1. The molecule has 2 unspecified atom stereocenters. The SMILES string of the molecule is C#C.C#C.C#C.CCC[C@H]1CCC2[C@@H]3CC[C@@H]4CCCC[C@]4(C)C3CC[C@@]21C.CO. The molecule has 0 spiro atoms. The smallest absolute Gasteiger partial charge is 0.0319 e. The average Bonchev–Trinajstić information content (AvgIpc) is 3.15. The molecule has 0 amide bonds. The van der Waals surface area contributed by atoms with Crippen LogP contribution in [0.25, 0.3) is 0 Å². The molecule has 0 heterocycles. The fourth-order valence-corrected chi connectivity index (χ4v) is 8.23. The molecule has 30 heavy (non-hydrogen) atoms. The summed E-state index contributed by atoms with van der Waals surface area (Å²) < 4.78 is 0. The van der Waals surface area contributed by atoms with E-state index in [-0.39, 0.29) is 0 Å². The van der Waals surface area contributed by atoms with Gasteiger partial charge < -0.3 is 5.11 Å². The number of aliphatic hydroxyl groups is 1. The number of terminal acetylenes is 3. The zero-order valence-electron chi connectivity index (χ0n) is 20.3. The molecule has 0 bridgehead atoms. The molecule has 1 nitrogen and oxygen atoms in total. The Hall–Kier alpha value is -1.36. The van der Waals surface area contributed by atoms with E-state index < -0.39 is 0 Å². The van der Waals surface area contributed by atoms with Crippen LogP contribution < -0.4 is 0 Å². The van der Waals surface area contributed by atoms with Crippen molar-refractivity contribution in [1.29, 1.82) is 0 Å². The van der Waals surface area contributed by atoms with E-state index in [2.05, 4.69) is 59.3 Å². The Balaban J connectivity index is 0.000000948. The minimum Gasteiger partial charge on any atom is -0.400 e. The maximum absolute atomic E-state index is 7.00. The van der Waals surface area contributed by atoms with E-state index in [0.29, 0.717) is 0 Å². The van der Waals surface area contributed by atoms with Gasteiger partial charge in [0.25, 0.3) is 0 Å². The Labute approximate surface area is 189 Å². The van der Waals surface area contributed by atoms with Gasteiger partial charge in [-0.25, -0.2) is 0 Å². The van der Waals surface area contributed by atoms with Crippen LogP contribution in [0, 0.1) is 79.0 Å². The third kappa shape index (κ3) is 5.27. The van der Waals surface area contributed by atoms with Crippen LogP contribution in [0.2, 0.25) is 0 Å². The summed E-state index contributed by atoms with van der Waals surface area (Å²) in [6, 6.07) is 0. The fraction of sp³-hybridized carbons (Fsp3) is 0.793. The first-order chi connectivity index (χ1) is 14.6. The molecule has 1 heteroatoms. The Kier molecular flexibility index (Phi) is 13.2. The standard InChI is InChI=1S/C22H38.3C2H2.CH4O/c1-4-7-16-10-12-19-18-11-9-17-8-5-6-14-21(17,2)20(18)13-15-22(16,19)3;4*1-2/h16-20H,4-15H2,1-3H3;3*1-2H;2H,1H3/t16-,17-,18-,19?,20?,21-,22+;;;;/m0..../s1. The summed E-state index contributed by atoms with van der Waals surface area (Å²) in [4.78, 5) is 0. The average molecular weight is 413 g/mol. The van der Waals surface area contributed by atoms with Crippen molar-refractivity contribution in [2.45, 2.75) is 97.8 Å². The summed E-state index contributed by atoms with van der Waals surface area (Å²) in [5.74, 6) is 5.41. The van der Waals surface area contributed by atoms with Gasteiger partial charge in [-0.15, -0.1) is 38.5 Å². The molecular weight excluding hydrogens is 364 g/mol. The van der Waals surface area contributed by atoms with Crippen LogP contribution in [0.3, 0.4) is 0 Å². The maximum atomic E-state index is 7.00. The van der Waals surface area contributed by atoms with Crippen molar-refractivity contribution in [2.24, 2.45) is 40.4 Å². The third-order valence-electron chi connectivity index (χ3n) is 9.42. The molecule has 0 aliphatic heterocycles. The zero-order valence-corrected chi connectivity index (χ0v) is 20.3. The molecule has 4 saturated carbocycles. The van der Waals surface area contributed by atoms with E-state index in [4.69, 9.17) is 5.11 Å². The fourth-order valence-electron chi connectivity index (χ4n) is 8.23. The van der Waals surface area contributed by atoms with Crippen LogP contribution in [-0.2, 0) is 0 Å². The second-order valence-corrected chi connectivity index (χ2v) is 10.0. The summed E-state index contributed by atoms with van der Waals surface area (Å²) in [6.07, 6.45) is 42.5. The van der Waals surface area contributed by atoms with Gasteiger partial charge in [0, 0.05) is 7.11 Å². The lowest BCUT2D eigenvalue weighted by Crippen LogP contribution is -2.52. The molecule has 170 valence electrons. The van der Waals surface area contributed by atoms with Crippen molar-refractivity contribution in [3.05, 3.63) is 0 Å². The summed E-state index contributed by atoms with van der Waals surface area (Å²) in [5.41, 5.74) is 1.44. The van der Waals surface area contributed by atoms with Crippen molar-refractivity contribution in [1.82, 2.24) is 0 Å². The second kappa shape index (κ2) is 13.8. The van der Waals surface area contributed by atoms with Crippen LogP contribution in [-0.4, -0.2) is 12.2 Å². The van der Waals surface area contributed by atoms with Gasteiger partial charge in [0.15, 0.2) is 0 Å². The third-order valence-corrected chi connectivity index (χ3v) is 9.42. The monoisotopic (exact) mass is 412 g/mol. The van der Waals surface area contributed by atoms with Gasteiger partial charge in [0.1, 0.15) is 0 Å². The second-order valence-electron chi connectivity index (χ2n) is 10.0. The number of aliphatic hydroxyl groups excluding tert-OH is 1. The van der Waals surface area contributed by atoms with Gasteiger partial charge >= 0.3 is 0 Å². The van der Waals surface area contributed by atoms with Crippen molar-refractivity contribution < 1.29 is 5.11 Å². The van der Waals surface area contributed by atoms with Gasteiger partial charge in [-0.1, -0.05) is 46.5 Å². The predicted molar refractivity (Wildman–Crippen MR) is 133 cm³/mol. The summed E-state index contributed by atoms with van der Waals surface area (Å²) in [7, 11) is 1.00. The van der Waals surface area contributed by atoms with E-state index in [1.807, 2.05) is 0 Å². The molecule has 4 rings (SSSR count). The van der Waals surface area contributed by atoms with Crippen molar-refractivity contribution in [3.63, 3.8) is 0 Å². The molecule has 4 aliphatic carbocycles. The first-order valence-corrected chi connectivity index (χ1v) is 12.0. The minimum absolute atomic E-state index is 0.717. The Bertz CT molecular complexity index is 514. The lowest BCUT2D eigenvalue weighted by Gasteiger charge is -2.60. The predicted octanol–water partition coefficient (Wildman–Crippen LogP) is 7.19. The Morgan fingerprint density at radius 1 is 0.700 bits per heavy atom. The van der Waals surface area contributed by atoms with Crippen LogP contribution in [0.1, 0.15) is 97.8 Å². The maximum Gasteiger partial charge on any atom is 0.0319 e. The molecule has 0 saturated heterocycles. The number of fused-ring (bicyclic) bond motifs is 5. The van der Waals surface area contributed by atoms with E-state index in [9.17, 15) is 0 Å². The van der Waals surface area contributed by atoms with Gasteiger partial charge in [0.2, 0.25) is 0 Å². The lowest BCUT2D eigenvalue weighted by molar-refractivity contribution is -0.111. The lowest BCUT2D eigenvalue weighted by atomic mass is 9.45. The molecule has 0 aromatic carbocycles. The van der Waals surface area contributed by atoms with Crippen LogP contribution >= 0.6 is 0 Å². The van der Waals surface area contributed by atoms with E-state index in [1.54, 1.807) is 51.4 Å². The summed E-state index contributed by atoms with van der Waals surface area (Å²) in [6.45, 7) is 7.82. The number of hydrogen-bond donors (Lipinski definition) is 1. The molecule has 1 N–H and O–H groups in total. The largest absolute Gasteiger partial charge is 0.400 e. The Morgan fingerprint density at radius 3 is 1.90 bits per heavy atom. The highest BCUT2D eigenvalue weighted by Gasteiger charge is 2.59. The molecular formula is C29H48O. The highest BCUT2D eigenvalue weighted by Crippen LogP contribution is 2.67. The first-order valence-electron chi connectivity index (χ1n) is 12.0. The molecule has 7 atom stereocenters. The van der Waals surface area contributed by atoms with Gasteiger partial charge in [-0.2, -0.15) is 0 Å². The van der Waals surface area contributed by atoms with Crippen LogP contribution in [0.5, 0.6) is 0 Å². The Morgan fingerprint density at radius 2 is 1.30 bits per heavy atom. The minimum atomic E-state index is 0.717. The molecule has 0 aromatic heterocycles. The first kappa shape index (κ1) is 28.6. The van der Waals surface area contributed by atoms with Gasteiger partial charge in [0.05, 0.1) is 0 Å². The number of rotatable bonds is 2. The summed E-state index contributed by atoms with van der Waals surface area (Å²) in [5, 5.41) is 7.00. The van der Waals surface area contributed by atoms with Crippen molar-refractivity contribution in [2.75, 3.05) is 7.11 Å². The molecule has 4 aliphatic rings. The molecule has 4 fully saturated rings. The topological polar surface area (TPSA) is 20.2 Å². The van der Waals surface area contributed by atoms with Crippen molar-refractivity contribution >= 4 is 0 Å². The van der Waals surface area contributed by atoms with E-state index >= 15 is 0 Å². The highest BCUT2D eigenvalue weighted by molar-refractivity contribution is 5.08. The van der Waals surface area contributed by atoms with Crippen LogP contribution in [0.4, 0.5) is 0 Å². The summed E-state index contributed by atoms with van der Waals surface area (Å²) >= 11 is 0. The van der Waals surface area contributed by atoms with E-state index in [0.717, 1.165) is 47.5 Å². The molecule has 0 radical (unpaired) electrons. The highest BCUT2D eigenvalue weighted by atomic mass is 16.2.